The number of carbonyl (C=O) groups excluding carboxylic acids is 1. The average Bonchev–Trinajstić information content (AvgIpc) is 2.94. The third-order valence-electron chi connectivity index (χ3n) is 7.02. The van der Waals surface area contributed by atoms with Crippen molar-refractivity contribution < 1.29 is 28.5 Å². The van der Waals surface area contributed by atoms with E-state index in [1.165, 1.54) is 0 Å². The molecule has 0 fully saturated rings. The summed E-state index contributed by atoms with van der Waals surface area (Å²) in [5.74, 6) is 2.75. The van der Waals surface area contributed by atoms with Gasteiger partial charge in [0.05, 0.1) is 37.1 Å². The predicted molar refractivity (Wildman–Crippen MR) is 173 cm³/mol. The summed E-state index contributed by atoms with van der Waals surface area (Å²) in [5, 5.41) is 0. The van der Waals surface area contributed by atoms with Crippen LogP contribution in [0.25, 0.3) is 6.08 Å². The van der Waals surface area contributed by atoms with Gasteiger partial charge in [-0.1, -0.05) is 59.4 Å². The van der Waals surface area contributed by atoms with Gasteiger partial charge < -0.3 is 23.7 Å². The van der Waals surface area contributed by atoms with Crippen LogP contribution >= 0.6 is 0 Å². The minimum absolute atomic E-state index is 0.00912. The third kappa shape index (κ3) is 10.9. The maximum absolute atomic E-state index is 13.8. The number of allylic oxidation sites excluding steroid dienone is 1. The van der Waals surface area contributed by atoms with Crippen molar-refractivity contribution >= 4 is 11.9 Å². The van der Waals surface area contributed by atoms with Gasteiger partial charge in [-0.15, -0.1) is 0 Å². The van der Waals surface area contributed by atoms with E-state index in [-0.39, 0.29) is 30.2 Å². The highest BCUT2D eigenvalue weighted by Crippen LogP contribution is 2.39. The van der Waals surface area contributed by atoms with Gasteiger partial charge >= 0.3 is 0 Å². The summed E-state index contributed by atoms with van der Waals surface area (Å²) in [6, 6.07) is 9.30. The molecule has 0 radical (unpaired) electrons. The van der Waals surface area contributed by atoms with Crippen LogP contribution < -0.4 is 23.7 Å². The van der Waals surface area contributed by atoms with Crippen molar-refractivity contribution in [3.05, 3.63) is 47.5 Å². The smallest absolute Gasteiger partial charge is 0.189 e. The van der Waals surface area contributed by atoms with Crippen molar-refractivity contribution in [3.8, 4) is 28.7 Å². The Morgan fingerprint density at radius 2 is 1.21 bits per heavy atom. The molecule has 0 saturated carbocycles. The van der Waals surface area contributed by atoms with E-state index in [0.717, 1.165) is 56.9 Å². The average molecular weight is 583 g/mol. The lowest BCUT2D eigenvalue weighted by Crippen LogP contribution is -2.17. The van der Waals surface area contributed by atoms with Gasteiger partial charge in [-0.05, 0) is 83.7 Å². The van der Waals surface area contributed by atoms with E-state index >= 15 is 0 Å². The quantitative estimate of drug-likeness (QED) is 0.114. The van der Waals surface area contributed by atoms with Crippen LogP contribution in [0.3, 0.4) is 0 Å². The van der Waals surface area contributed by atoms with Gasteiger partial charge in [0.1, 0.15) is 5.75 Å². The molecule has 6 heteroatoms. The lowest BCUT2D eigenvalue weighted by Gasteiger charge is -2.22. The highest BCUT2D eigenvalue weighted by Gasteiger charge is 2.21. The van der Waals surface area contributed by atoms with Gasteiger partial charge in [0, 0.05) is 11.6 Å². The van der Waals surface area contributed by atoms with Crippen LogP contribution in [0.2, 0.25) is 0 Å². The molecule has 42 heavy (non-hydrogen) atoms. The van der Waals surface area contributed by atoms with Crippen LogP contribution in [-0.4, -0.2) is 37.3 Å². The first-order chi connectivity index (χ1) is 20.2. The molecule has 0 saturated heterocycles. The van der Waals surface area contributed by atoms with E-state index in [2.05, 4.69) is 34.6 Å². The molecule has 2 aromatic carbocycles. The Morgan fingerprint density at radius 1 is 0.690 bits per heavy atom. The lowest BCUT2D eigenvalue weighted by molar-refractivity contribution is 0.103. The summed E-state index contributed by atoms with van der Waals surface area (Å²) in [6.45, 7) is 16.7. The number of ether oxygens (including phenoxy) is 5. The Labute approximate surface area is 254 Å². The highest BCUT2D eigenvalue weighted by atomic mass is 16.5. The van der Waals surface area contributed by atoms with Crippen molar-refractivity contribution in [2.75, 3.05) is 7.11 Å². The number of methoxy groups -OCH3 is 1. The second-order valence-electron chi connectivity index (χ2n) is 11.2. The molecule has 6 nitrogen and oxygen atoms in total. The molecule has 0 heterocycles. The second-order valence-corrected chi connectivity index (χ2v) is 11.2. The largest absolute Gasteiger partial charge is 0.493 e. The standard InChI is InChI=1S/C36H54O6/c1-10-15-25(5)39-30-23-29(35(34(24-30)38-9)41-27(7)17-12-3)21-22-32(37)31-19-14-20-33(40-26(6)16-11-2)36(31)42-28(8)18-13-4/h14,19-28H,10-13,15-18H2,1-9H3. The molecule has 2 rings (SSSR count). The fraction of sp³-hybridized carbons (Fsp3) is 0.583. The van der Waals surface area contributed by atoms with E-state index in [1.54, 1.807) is 25.3 Å². The molecule has 4 unspecified atom stereocenters. The number of hydrogen-bond donors (Lipinski definition) is 0. The van der Waals surface area contributed by atoms with Crippen LogP contribution in [0.1, 0.15) is 123 Å². The third-order valence-corrected chi connectivity index (χ3v) is 7.02. The van der Waals surface area contributed by atoms with Crippen LogP contribution in [0.4, 0.5) is 0 Å². The normalized spacial score (nSPS) is 14.2. The molecule has 2 aromatic rings. The van der Waals surface area contributed by atoms with Gasteiger partial charge in [-0.25, -0.2) is 0 Å². The molecule has 234 valence electrons. The van der Waals surface area contributed by atoms with E-state index in [4.69, 9.17) is 23.7 Å². The molecule has 4 atom stereocenters. The van der Waals surface area contributed by atoms with Gasteiger partial charge in [0.25, 0.3) is 0 Å². The number of ketones is 1. The van der Waals surface area contributed by atoms with Crippen LogP contribution in [0.15, 0.2) is 36.4 Å². The van der Waals surface area contributed by atoms with Gasteiger partial charge in [0.15, 0.2) is 28.8 Å². The zero-order chi connectivity index (χ0) is 31.1. The summed E-state index contributed by atoms with van der Waals surface area (Å²) in [5.41, 5.74) is 1.18. The summed E-state index contributed by atoms with van der Waals surface area (Å²) in [7, 11) is 1.62. The van der Waals surface area contributed by atoms with Gasteiger partial charge in [-0.2, -0.15) is 0 Å². The molecule has 0 amide bonds. The lowest BCUT2D eigenvalue weighted by atomic mass is 10.1. The monoisotopic (exact) mass is 582 g/mol. The Bertz CT molecular complexity index is 1120. The molecule has 0 aliphatic carbocycles. The molecule has 0 bridgehead atoms. The van der Waals surface area contributed by atoms with Crippen LogP contribution in [-0.2, 0) is 0 Å². The number of para-hydroxylation sites is 1. The summed E-state index contributed by atoms with van der Waals surface area (Å²) >= 11 is 0. The minimum Gasteiger partial charge on any atom is -0.493 e. The molecule has 0 aliphatic heterocycles. The zero-order valence-corrected chi connectivity index (χ0v) is 27.5. The van der Waals surface area contributed by atoms with Crippen molar-refractivity contribution in [1.29, 1.82) is 0 Å². The number of benzene rings is 2. The van der Waals surface area contributed by atoms with E-state index in [9.17, 15) is 4.79 Å². The first kappa shape index (κ1) is 35.0. The van der Waals surface area contributed by atoms with Crippen molar-refractivity contribution in [2.24, 2.45) is 0 Å². The SMILES string of the molecule is CCCC(C)Oc1cc(C=CC(=O)c2cccc(OC(C)CCC)c2OC(C)CCC)c(OC(C)CCC)c(OC)c1. The number of rotatable bonds is 20. The Kier molecular flexibility index (Phi) is 15.4. The minimum atomic E-state index is -0.181. The first-order valence-electron chi connectivity index (χ1n) is 15.9. The Balaban J connectivity index is 2.55. The maximum atomic E-state index is 13.8. The fourth-order valence-electron chi connectivity index (χ4n) is 4.96. The second kappa shape index (κ2) is 18.4. The first-order valence-corrected chi connectivity index (χ1v) is 15.9. The highest BCUT2D eigenvalue weighted by molar-refractivity contribution is 6.09. The Morgan fingerprint density at radius 3 is 1.76 bits per heavy atom. The molecule has 0 spiro atoms. The van der Waals surface area contributed by atoms with Crippen molar-refractivity contribution in [3.63, 3.8) is 0 Å². The maximum Gasteiger partial charge on any atom is 0.189 e. The molecule has 0 N–H and O–H groups in total. The molecular weight excluding hydrogens is 528 g/mol. The summed E-state index contributed by atoms with van der Waals surface area (Å²) in [6.07, 6.45) is 11.0. The predicted octanol–water partition coefficient (Wildman–Crippen LogP) is 9.86. The molecule has 0 aliphatic rings. The summed E-state index contributed by atoms with van der Waals surface area (Å²) < 4.78 is 30.9. The van der Waals surface area contributed by atoms with Crippen molar-refractivity contribution in [2.45, 2.75) is 131 Å². The van der Waals surface area contributed by atoms with Crippen LogP contribution in [0, 0.1) is 0 Å². The molecular formula is C36H54O6. The van der Waals surface area contributed by atoms with E-state index in [0.29, 0.717) is 34.3 Å². The van der Waals surface area contributed by atoms with Crippen LogP contribution in [0.5, 0.6) is 28.7 Å². The number of hydrogen-bond acceptors (Lipinski definition) is 6. The van der Waals surface area contributed by atoms with E-state index in [1.807, 2.05) is 45.0 Å². The molecule has 0 aromatic heterocycles. The zero-order valence-electron chi connectivity index (χ0n) is 27.5. The summed E-state index contributed by atoms with van der Waals surface area (Å²) in [4.78, 5) is 13.8. The van der Waals surface area contributed by atoms with Gasteiger partial charge in [0.2, 0.25) is 0 Å². The topological polar surface area (TPSA) is 63.2 Å². The van der Waals surface area contributed by atoms with E-state index < -0.39 is 0 Å². The Hall–Kier alpha value is -3.15. The number of carbonyl (C=O) groups is 1. The fourth-order valence-corrected chi connectivity index (χ4v) is 4.96. The van der Waals surface area contributed by atoms with Gasteiger partial charge in [-0.3, -0.25) is 4.79 Å². The van der Waals surface area contributed by atoms with Crippen molar-refractivity contribution in [1.82, 2.24) is 0 Å².